The van der Waals surface area contributed by atoms with Crippen LogP contribution in [0.5, 0.6) is 0 Å². The van der Waals surface area contributed by atoms with Crippen molar-refractivity contribution in [1.82, 2.24) is 10.3 Å². The predicted octanol–water partition coefficient (Wildman–Crippen LogP) is 6.94. The quantitative estimate of drug-likeness (QED) is 0.264. The molecular weight excluding hydrogens is 531 g/mol. The number of halogens is 2. The third-order valence-corrected chi connectivity index (χ3v) is 6.22. The van der Waals surface area contributed by atoms with Crippen LogP contribution in [0.15, 0.2) is 95.0 Å². The molecule has 0 fully saturated rings. The van der Waals surface area contributed by atoms with Gasteiger partial charge in [0.25, 0.3) is 5.91 Å². The van der Waals surface area contributed by atoms with E-state index in [9.17, 15) is 14.4 Å². The molecule has 2 aromatic carbocycles. The molecule has 0 bridgehead atoms. The average molecular weight is 559 g/mol. The zero-order valence-corrected chi connectivity index (χ0v) is 22.3. The van der Waals surface area contributed by atoms with Gasteiger partial charge in [-0.1, -0.05) is 70.1 Å². The lowest BCUT2D eigenvalue weighted by molar-refractivity contribution is 0.0957. The number of hydrogen-bond acceptors (Lipinski definition) is 4. The molecule has 0 saturated heterocycles. The summed E-state index contributed by atoms with van der Waals surface area (Å²) in [5, 5.41) is 15.7. The molecule has 1 amide bonds. The number of benzene rings is 2. The minimum absolute atomic E-state index is 0.271. The van der Waals surface area contributed by atoms with Gasteiger partial charge in [0.2, 0.25) is 0 Å². The highest BCUT2D eigenvalue weighted by Gasteiger charge is 2.15. The van der Waals surface area contributed by atoms with Crippen LogP contribution in [0.4, 0.5) is 10.2 Å². The van der Waals surface area contributed by atoms with Crippen LogP contribution in [0.2, 0.25) is 0 Å². The molecule has 1 heterocycles. The molecule has 1 aromatic heterocycles. The Morgan fingerprint density at radius 1 is 1.16 bits per heavy atom. The number of carbonyl (C=O) groups is 1. The zero-order chi connectivity index (χ0) is 26.6. The Hall–Kier alpha value is -4.02. The van der Waals surface area contributed by atoms with Crippen molar-refractivity contribution in [1.29, 1.82) is 5.26 Å². The molecule has 3 aromatic rings. The Morgan fingerprint density at radius 2 is 1.97 bits per heavy atom. The molecule has 0 aliphatic carbocycles. The van der Waals surface area contributed by atoms with Gasteiger partial charge >= 0.3 is 0 Å². The Balaban J connectivity index is 1.82. The number of nitrogens with zero attached hydrogens (tertiary/aromatic N) is 2. The maximum absolute atomic E-state index is 13.6. The van der Waals surface area contributed by atoms with E-state index in [4.69, 9.17) is 4.98 Å². The molecule has 0 unspecified atom stereocenters. The van der Waals surface area contributed by atoms with E-state index in [0.717, 1.165) is 15.6 Å². The molecular formula is C30H28BrFN4O. The number of allylic oxidation sites excluding steroid dienone is 5. The first-order valence-corrected chi connectivity index (χ1v) is 12.6. The number of nitrogens with one attached hydrogen (secondary N) is 2. The third kappa shape index (κ3) is 8.26. The van der Waals surface area contributed by atoms with Crippen molar-refractivity contribution in [2.75, 3.05) is 18.4 Å². The van der Waals surface area contributed by atoms with Crippen molar-refractivity contribution in [3.63, 3.8) is 0 Å². The van der Waals surface area contributed by atoms with Gasteiger partial charge in [-0.3, -0.25) is 4.79 Å². The largest absolute Gasteiger partial charge is 0.369 e. The van der Waals surface area contributed by atoms with Gasteiger partial charge in [-0.25, -0.2) is 9.37 Å². The lowest BCUT2D eigenvalue weighted by Crippen LogP contribution is -2.26. The van der Waals surface area contributed by atoms with E-state index in [0.29, 0.717) is 47.7 Å². The Labute approximate surface area is 225 Å². The molecule has 188 valence electrons. The Kier molecular flexibility index (Phi) is 10.4. The van der Waals surface area contributed by atoms with Crippen molar-refractivity contribution in [2.45, 2.75) is 20.3 Å². The molecule has 0 spiro atoms. The summed E-state index contributed by atoms with van der Waals surface area (Å²) < 4.78 is 14.5. The predicted molar refractivity (Wildman–Crippen MR) is 151 cm³/mol. The second-order valence-corrected chi connectivity index (χ2v) is 9.20. The number of anilines is 1. The van der Waals surface area contributed by atoms with E-state index in [1.165, 1.54) is 12.1 Å². The Morgan fingerprint density at radius 3 is 2.73 bits per heavy atom. The number of rotatable bonds is 10. The van der Waals surface area contributed by atoms with Crippen LogP contribution in [-0.2, 0) is 6.42 Å². The topological polar surface area (TPSA) is 77.8 Å². The lowest BCUT2D eigenvalue weighted by atomic mass is 10.0. The maximum atomic E-state index is 13.6. The number of carbonyl (C=O) groups excluding carboxylic acids is 1. The van der Waals surface area contributed by atoms with Crippen LogP contribution in [0, 0.1) is 17.1 Å². The second kappa shape index (κ2) is 13.9. The minimum Gasteiger partial charge on any atom is -0.369 e. The SMILES string of the molecule is CC=C(Br)/C=C\C=C(/C)CNC(=O)c1ccc(-c2ccccc2C#N)nc1NCCc1cccc(F)c1. The van der Waals surface area contributed by atoms with Crippen molar-refractivity contribution >= 4 is 27.7 Å². The number of aromatic nitrogens is 1. The number of hydrogen-bond donors (Lipinski definition) is 2. The summed E-state index contributed by atoms with van der Waals surface area (Å²) in [6, 6.07) is 19.2. The molecule has 0 atom stereocenters. The molecule has 37 heavy (non-hydrogen) atoms. The molecule has 5 nitrogen and oxygen atoms in total. The molecule has 0 aliphatic rings. The minimum atomic E-state index is -0.290. The van der Waals surface area contributed by atoms with E-state index < -0.39 is 0 Å². The van der Waals surface area contributed by atoms with Gasteiger partial charge in [-0.15, -0.1) is 0 Å². The fourth-order valence-electron chi connectivity index (χ4n) is 3.52. The van der Waals surface area contributed by atoms with Gasteiger partial charge in [-0.2, -0.15) is 5.26 Å². The lowest BCUT2D eigenvalue weighted by Gasteiger charge is -2.14. The van der Waals surface area contributed by atoms with Crippen molar-refractivity contribution < 1.29 is 9.18 Å². The average Bonchev–Trinajstić information content (AvgIpc) is 2.91. The highest BCUT2D eigenvalue weighted by Crippen LogP contribution is 2.25. The van der Waals surface area contributed by atoms with Crippen LogP contribution >= 0.6 is 15.9 Å². The molecule has 7 heteroatoms. The van der Waals surface area contributed by atoms with E-state index in [1.54, 1.807) is 30.3 Å². The highest BCUT2D eigenvalue weighted by atomic mass is 79.9. The highest BCUT2D eigenvalue weighted by molar-refractivity contribution is 9.11. The van der Waals surface area contributed by atoms with Gasteiger partial charge in [0.1, 0.15) is 11.6 Å². The van der Waals surface area contributed by atoms with Crippen molar-refractivity contribution in [3.05, 3.63) is 118 Å². The van der Waals surface area contributed by atoms with E-state index >= 15 is 0 Å². The summed E-state index contributed by atoms with van der Waals surface area (Å²) in [6.45, 7) is 4.70. The molecule has 3 rings (SSSR count). The van der Waals surface area contributed by atoms with Gasteiger partial charge < -0.3 is 10.6 Å². The summed E-state index contributed by atoms with van der Waals surface area (Å²) in [7, 11) is 0. The third-order valence-electron chi connectivity index (χ3n) is 5.50. The summed E-state index contributed by atoms with van der Waals surface area (Å²) in [5.41, 5.74) is 3.96. The fraction of sp³-hybridized carbons (Fsp3) is 0.167. The van der Waals surface area contributed by atoms with Crippen LogP contribution in [0.25, 0.3) is 11.3 Å². The van der Waals surface area contributed by atoms with Crippen LogP contribution < -0.4 is 10.6 Å². The van der Waals surface area contributed by atoms with E-state index in [-0.39, 0.29) is 11.7 Å². The number of amides is 1. The first-order chi connectivity index (χ1) is 17.9. The monoisotopic (exact) mass is 558 g/mol. The van der Waals surface area contributed by atoms with Gasteiger partial charge in [0.05, 0.1) is 22.9 Å². The van der Waals surface area contributed by atoms with Crippen LogP contribution in [0.3, 0.4) is 0 Å². The van der Waals surface area contributed by atoms with Crippen LogP contribution in [0.1, 0.15) is 35.3 Å². The van der Waals surface area contributed by atoms with Gasteiger partial charge in [-0.05, 0) is 62.2 Å². The smallest absolute Gasteiger partial charge is 0.255 e. The molecule has 0 radical (unpaired) electrons. The van der Waals surface area contributed by atoms with Crippen molar-refractivity contribution in [3.8, 4) is 17.3 Å². The zero-order valence-electron chi connectivity index (χ0n) is 20.8. The summed E-state index contributed by atoms with van der Waals surface area (Å²) >= 11 is 3.42. The fourth-order valence-corrected chi connectivity index (χ4v) is 3.68. The summed E-state index contributed by atoms with van der Waals surface area (Å²) in [4.78, 5) is 17.8. The molecule has 0 saturated carbocycles. The Bertz CT molecular complexity index is 1390. The van der Waals surface area contributed by atoms with E-state index in [2.05, 4.69) is 32.6 Å². The summed E-state index contributed by atoms with van der Waals surface area (Å²) in [5.74, 6) is -0.160. The number of nitriles is 1. The normalized spacial score (nSPS) is 11.9. The van der Waals surface area contributed by atoms with Crippen molar-refractivity contribution in [2.24, 2.45) is 0 Å². The summed E-state index contributed by atoms with van der Waals surface area (Å²) in [6.07, 6.45) is 8.26. The maximum Gasteiger partial charge on any atom is 0.255 e. The molecule has 2 N–H and O–H groups in total. The standard InChI is InChI=1S/C30H28BrFN4O/c1-3-24(31)11-6-8-21(2)20-35-30(37)27-14-15-28(26-13-5-4-10-23(26)19-33)36-29(27)34-17-16-22-9-7-12-25(32)18-22/h3-15,18H,16-17,20H2,1-2H3,(H,34,36)(H,35,37)/b11-6-,21-8+,24-3?. The second-order valence-electron chi connectivity index (χ2n) is 8.29. The van der Waals surface area contributed by atoms with Crippen LogP contribution in [-0.4, -0.2) is 24.0 Å². The molecule has 0 aliphatic heterocycles. The van der Waals surface area contributed by atoms with Gasteiger partial charge in [0, 0.05) is 23.1 Å². The first kappa shape index (κ1) is 27.6. The van der Waals surface area contributed by atoms with Gasteiger partial charge in [0.15, 0.2) is 0 Å². The number of pyridine rings is 1. The first-order valence-electron chi connectivity index (χ1n) is 11.8. The van der Waals surface area contributed by atoms with E-state index in [1.807, 2.05) is 56.4 Å².